The van der Waals surface area contributed by atoms with Gasteiger partial charge in [-0.3, -0.25) is 9.69 Å². The minimum atomic E-state index is -0.278. The van der Waals surface area contributed by atoms with Crippen LogP contribution in [0.15, 0.2) is 42.5 Å². The van der Waals surface area contributed by atoms with E-state index in [0.29, 0.717) is 6.54 Å². The van der Waals surface area contributed by atoms with E-state index in [1.807, 2.05) is 61.3 Å². The lowest BCUT2D eigenvalue weighted by atomic mass is 10.1. The van der Waals surface area contributed by atoms with Crippen LogP contribution in [0.2, 0.25) is 0 Å². The largest absolute Gasteiger partial charge is 0.454 e. The van der Waals surface area contributed by atoms with Crippen LogP contribution in [-0.2, 0) is 16.1 Å². The van der Waals surface area contributed by atoms with Gasteiger partial charge in [-0.05, 0) is 55.9 Å². The fraction of sp³-hybridized carbons (Fsp3) is 0.409. The van der Waals surface area contributed by atoms with Gasteiger partial charge in [-0.15, -0.1) is 0 Å². The summed E-state index contributed by atoms with van der Waals surface area (Å²) in [4.78, 5) is 17.0. The number of nitrogens with one attached hydrogen (secondary N) is 1. The molecule has 1 atom stereocenters. The van der Waals surface area contributed by atoms with Crippen molar-refractivity contribution in [3.8, 4) is 11.5 Å². The van der Waals surface area contributed by atoms with Crippen LogP contribution in [0.1, 0.15) is 12.5 Å². The Bertz CT molecular complexity index is 850. The second-order valence-corrected chi connectivity index (χ2v) is 7.41. The number of anilines is 2. The van der Waals surface area contributed by atoms with Gasteiger partial charge in [0.2, 0.25) is 12.7 Å². The van der Waals surface area contributed by atoms with Crippen LogP contribution in [0.5, 0.6) is 11.5 Å². The average molecular weight is 397 g/mol. The van der Waals surface area contributed by atoms with Crippen LogP contribution in [0.4, 0.5) is 11.4 Å². The molecule has 0 aromatic heterocycles. The number of amides is 1. The standard InChI is InChI=1S/C22H27N3O4/c1-16(24(2)14-17-3-8-20-21(13-17)29-15-28-20)22(26)23-18-4-6-19(7-5-18)25-9-11-27-12-10-25/h3-8,13,16H,9-12,14-15H2,1-2H3,(H,23,26)/t16-/m1/s1. The summed E-state index contributed by atoms with van der Waals surface area (Å²) in [6.07, 6.45) is 0. The number of morpholine rings is 1. The van der Waals surface area contributed by atoms with Gasteiger partial charge in [-0.25, -0.2) is 0 Å². The molecule has 2 aromatic rings. The van der Waals surface area contributed by atoms with Gasteiger partial charge in [-0.2, -0.15) is 0 Å². The quantitative estimate of drug-likeness (QED) is 0.809. The number of rotatable bonds is 6. The van der Waals surface area contributed by atoms with Crippen molar-refractivity contribution in [2.24, 2.45) is 0 Å². The van der Waals surface area contributed by atoms with Crippen molar-refractivity contribution in [3.05, 3.63) is 48.0 Å². The maximum Gasteiger partial charge on any atom is 0.241 e. The molecule has 7 nitrogen and oxygen atoms in total. The molecule has 1 saturated heterocycles. The van der Waals surface area contributed by atoms with Crippen LogP contribution in [0.3, 0.4) is 0 Å². The first kappa shape index (κ1) is 19.5. The molecule has 1 amide bonds. The third kappa shape index (κ3) is 4.63. The van der Waals surface area contributed by atoms with Crippen molar-refractivity contribution >= 4 is 17.3 Å². The smallest absolute Gasteiger partial charge is 0.241 e. The van der Waals surface area contributed by atoms with E-state index in [1.54, 1.807) is 0 Å². The fourth-order valence-corrected chi connectivity index (χ4v) is 3.49. The van der Waals surface area contributed by atoms with Gasteiger partial charge in [-0.1, -0.05) is 6.07 Å². The van der Waals surface area contributed by atoms with E-state index in [4.69, 9.17) is 14.2 Å². The highest BCUT2D eigenvalue weighted by molar-refractivity contribution is 5.94. The van der Waals surface area contributed by atoms with Crippen molar-refractivity contribution in [1.29, 1.82) is 0 Å². The molecule has 4 rings (SSSR count). The molecule has 2 aliphatic rings. The third-order valence-electron chi connectivity index (χ3n) is 5.42. The van der Waals surface area contributed by atoms with Crippen molar-refractivity contribution in [3.63, 3.8) is 0 Å². The predicted octanol–water partition coefficient (Wildman–Crippen LogP) is 2.71. The van der Waals surface area contributed by atoms with Gasteiger partial charge in [0, 0.05) is 31.0 Å². The molecule has 2 aromatic carbocycles. The lowest BCUT2D eigenvalue weighted by molar-refractivity contribution is -0.120. The third-order valence-corrected chi connectivity index (χ3v) is 5.42. The summed E-state index contributed by atoms with van der Waals surface area (Å²) in [5.41, 5.74) is 3.03. The molecule has 1 fully saturated rings. The summed E-state index contributed by atoms with van der Waals surface area (Å²) >= 11 is 0. The summed E-state index contributed by atoms with van der Waals surface area (Å²) in [6, 6.07) is 13.6. The number of fused-ring (bicyclic) bond motifs is 1. The second-order valence-electron chi connectivity index (χ2n) is 7.41. The fourth-order valence-electron chi connectivity index (χ4n) is 3.49. The normalized spacial score (nSPS) is 16.7. The Labute approximate surface area is 171 Å². The van der Waals surface area contributed by atoms with E-state index >= 15 is 0 Å². The van der Waals surface area contributed by atoms with Gasteiger partial charge in [0.15, 0.2) is 11.5 Å². The van der Waals surface area contributed by atoms with Crippen molar-refractivity contribution in [2.45, 2.75) is 19.5 Å². The Kier molecular flexibility index (Phi) is 5.87. The molecule has 0 spiro atoms. The van der Waals surface area contributed by atoms with Crippen molar-refractivity contribution in [2.75, 3.05) is 50.4 Å². The molecule has 2 aliphatic heterocycles. The number of likely N-dealkylation sites (N-methyl/N-ethyl adjacent to an activating group) is 1. The molecule has 2 heterocycles. The van der Waals surface area contributed by atoms with Crippen LogP contribution < -0.4 is 19.7 Å². The predicted molar refractivity (Wildman–Crippen MR) is 112 cm³/mol. The Morgan fingerprint density at radius 1 is 1.10 bits per heavy atom. The highest BCUT2D eigenvalue weighted by Gasteiger charge is 2.20. The summed E-state index contributed by atoms with van der Waals surface area (Å²) in [5.74, 6) is 1.49. The first-order valence-electron chi connectivity index (χ1n) is 9.92. The molecule has 0 saturated carbocycles. The molecule has 0 bridgehead atoms. The number of benzene rings is 2. The summed E-state index contributed by atoms with van der Waals surface area (Å²) in [6.45, 7) is 6.11. The van der Waals surface area contributed by atoms with E-state index in [9.17, 15) is 4.79 Å². The van der Waals surface area contributed by atoms with Crippen LogP contribution in [0.25, 0.3) is 0 Å². The van der Waals surface area contributed by atoms with Crippen LogP contribution in [-0.4, -0.2) is 57.0 Å². The van der Waals surface area contributed by atoms with Crippen molar-refractivity contribution < 1.29 is 19.0 Å². The average Bonchev–Trinajstić information content (AvgIpc) is 3.22. The molecule has 0 radical (unpaired) electrons. The Balaban J connectivity index is 1.32. The highest BCUT2D eigenvalue weighted by Crippen LogP contribution is 2.32. The molecular weight excluding hydrogens is 370 g/mol. The molecule has 7 heteroatoms. The first-order valence-corrected chi connectivity index (χ1v) is 9.92. The van der Waals surface area contributed by atoms with Crippen LogP contribution >= 0.6 is 0 Å². The van der Waals surface area contributed by atoms with Gasteiger partial charge in [0.25, 0.3) is 0 Å². The van der Waals surface area contributed by atoms with E-state index < -0.39 is 0 Å². The molecular formula is C22H27N3O4. The highest BCUT2D eigenvalue weighted by atomic mass is 16.7. The van der Waals surface area contributed by atoms with Gasteiger partial charge < -0.3 is 24.4 Å². The Morgan fingerprint density at radius 2 is 1.83 bits per heavy atom. The number of carbonyl (C=O) groups is 1. The lowest BCUT2D eigenvalue weighted by Crippen LogP contribution is -2.39. The number of hydrogen-bond donors (Lipinski definition) is 1. The zero-order chi connectivity index (χ0) is 20.2. The van der Waals surface area contributed by atoms with Crippen molar-refractivity contribution in [1.82, 2.24) is 4.90 Å². The van der Waals surface area contributed by atoms with Gasteiger partial charge >= 0.3 is 0 Å². The van der Waals surface area contributed by atoms with Gasteiger partial charge in [0.1, 0.15) is 0 Å². The molecule has 1 N–H and O–H groups in total. The topological polar surface area (TPSA) is 63.3 Å². The SMILES string of the molecule is C[C@H](C(=O)Nc1ccc(N2CCOCC2)cc1)N(C)Cc1ccc2c(c1)OCO2. The van der Waals surface area contributed by atoms with Gasteiger partial charge in [0.05, 0.1) is 19.3 Å². The minimum absolute atomic E-state index is 0.0348. The Hall–Kier alpha value is -2.77. The summed E-state index contributed by atoms with van der Waals surface area (Å²) < 4.78 is 16.2. The van der Waals surface area contributed by atoms with E-state index in [1.165, 1.54) is 0 Å². The number of ether oxygens (including phenoxy) is 3. The maximum absolute atomic E-state index is 12.7. The summed E-state index contributed by atoms with van der Waals surface area (Å²) in [7, 11) is 1.94. The number of hydrogen-bond acceptors (Lipinski definition) is 6. The Morgan fingerprint density at radius 3 is 2.59 bits per heavy atom. The zero-order valence-electron chi connectivity index (χ0n) is 16.9. The van der Waals surface area contributed by atoms with Crippen LogP contribution in [0, 0.1) is 0 Å². The zero-order valence-corrected chi connectivity index (χ0v) is 16.9. The lowest BCUT2D eigenvalue weighted by Gasteiger charge is -2.29. The van der Waals surface area contributed by atoms with E-state index in [-0.39, 0.29) is 18.7 Å². The maximum atomic E-state index is 12.7. The number of nitrogens with zero attached hydrogens (tertiary/aromatic N) is 2. The molecule has 154 valence electrons. The second kappa shape index (κ2) is 8.71. The van der Waals surface area contributed by atoms with E-state index in [0.717, 1.165) is 54.7 Å². The molecule has 0 aliphatic carbocycles. The monoisotopic (exact) mass is 397 g/mol. The summed E-state index contributed by atoms with van der Waals surface area (Å²) in [5, 5.41) is 3.01. The molecule has 29 heavy (non-hydrogen) atoms. The molecule has 0 unspecified atom stereocenters. The number of carbonyl (C=O) groups excluding carboxylic acids is 1. The van der Waals surface area contributed by atoms with E-state index in [2.05, 4.69) is 10.2 Å². The minimum Gasteiger partial charge on any atom is -0.454 e. The first-order chi connectivity index (χ1) is 14.1.